The van der Waals surface area contributed by atoms with Gasteiger partial charge in [-0.15, -0.1) is 0 Å². The highest BCUT2D eigenvalue weighted by atomic mass is 16.5. The monoisotopic (exact) mass is 281 g/mol. The number of hydrogen-bond acceptors (Lipinski definition) is 2. The van der Waals surface area contributed by atoms with Crippen molar-refractivity contribution >= 4 is 0 Å². The van der Waals surface area contributed by atoms with E-state index in [1.54, 1.807) is 0 Å². The summed E-state index contributed by atoms with van der Waals surface area (Å²) in [7, 11) is 0. The normalized spacial score (nSPS) is 18.8. The lowest BCUT2D eigenvalue weighted by molar-refractivity contribution is 0.0566. The maximum absolute atomic E-state index is 6.29. The first-order valence-electron chi connectivity index (χ1n) is 7.88. The van der Waals surface area contributed by atoms with Crippen LogP contribution in [-0.2, 0) is 4.74 Å². The molecule has 0 aromatic heterocycles. The first-order chi connectivity index (χ1) is 10.4. The molecule has 2 nitrogen and oxygen atoms in total. The number of rotatable bonds is 5. The number of benzene rings is 2. The smallest absolute Gasteiger partial charge is 0.108 e. The van der Waals surface area contributed by atoms with Gasteiger partial charge in [0.25, 0.3) is 0 Å². The minimum absolute atomic E-state index is 0.0242. The Morgan fingerprint density at radius 1 is 0.905 bits per heavy atom. The fourth-order valence-corrected chi connectivity index (χ4v) is 2.92. The average Bonchev–Trinajstić information content (AvgIpc) is 2.58. The van der Waals surface area contributed by atoms with Crippen LogP contribution < -0.4 is 5.32 Å². The molecular weight excluding hydrogens is 258 g/mol. The second-order valence-electron chi connectivity index (χ2n) is 5.68. The van der Waals surface area contributed by atoms with Gasteiger partial charge in [-0.2, -0.15) is 0 Å². The van der Waals surface area contributed by atoms with Gasteiger partial charge >= 0.3 is 0 Å². The minimum atomic E-state index is 0.0242. The van der Waals surface area contributed by atoms with Gasteiger partial charge in [-0.05, 0) is 30.5 Å². The van der Waals surface area contributed by atoms with E-state index >= 15 is 0 Å². The van der Waals surface area contributed by atoms with E-state index in [9.17, 15) is 0 Å². The zero-order valence-corrected chi connectivity index (χ0v) is 12.4. The van der Waals surface area contributed by atoms with Crippen LogP contribution >= 0.6 is 0 Å². The van der Waals surface area contributed by atoms with E-state index < -0.39 is 0 Å². The van der Waals surface area contributed by atoms with E-state index in [0.717, 1.165) is 13.2 Å². The lowest BCUT2D eigenvalue weighted by atomic mass is 10.0. The van der Waals surface area contributed by atoms with Crippen molar-refractivity contribution in [2.24, 2.45) is 0 Å². The third-order valence-electron chi connectivity index (χ3n) is 4.08. The largest absolute Gasteiger partial charge is 0.367 e. The average molecular weight is 281 g/mol. The maximum atomic E-state index is 6.29. The molecule has 1 atom stereocenters. The number of nitrogens with one attached hydrogen (secondary N) is 1. The van der Waals surface area contributed by atoms with Crippen LogP contribution in [0.2, 0.25) is 0 Å². The fraction of sp³-hybridized carbons (Fsp3) is 0.368. The molecule has 1 saturated heterocycles. The number of piperidine rings is 1. The van der Waals surface area contributed by atoms with Crippen molar-refractivity contribution in [2.75, 3.05) is 13.2 Å². The molecule has 1 aliphatic rings. The van der Waals surface area contributed by atoms with Crippen molar-refractivity contribution < 1.29 is 4.74 Å². The van der Waals surface area contributed by atoms with Crippen LogP contribution in [-0.4, -0.2) is 19.2 Å². The summed E-state index contributed by atoms with van der Waals surface area (Å²) < 4.78 is 6.29. The summed E-state index contributed by atoms with van der Waals surface area (Å²) in [4.78, 5) is 0. The molecule has 0 aliphatic carbocycles. The highest BCUT2D eigenvalue weighted by molar-refractivity contribution is 5.29. The van der Waals surface area contributed by atoms with Crippen LogP contribution in [0.3, 0.4) is 0 Å². The Morgan fingerprint density at radius 2 is 1.52 bits per heavy atom. The Hall–Kier alpha value is -1.64. The molecule has 1 N–H and O–H groups in total. The van der Waals surface area contributed by atoms with E-state index in [4.69, 9.17) is 4.74 Å². The lowest BCUT2D eigenvalue weighted by Crippen LogP contribution is -2.38. The highest BCUT2D eigenvalue weighted by Gasteiger charge is 2.18. The molecule has 1 heterocycles. The molecule has 1 unspecified atom stereocenters. The molecule has 2 aromatic rings. The van der Waals surface area contributed by atoms with E-state index in [2.05, 4.69) is 53.8 Å². The molecular formula is C19H23NO. The van der Waals surface area contributed by atoms with E-state index in [1.807, 2.05) is 12.1 Å². The van der Waals surface area contributed by atoms with Crippen LogP contribution in [0.4, 0.5) is 0 Å². The molecule has 1 aliphatic heterocycles. The quantitative estimate of drug-likeness (QED) is 0.896. The third-order valence-corrected chi connectivity index (χ3v) is 4.08. The topological polar surface area (TPSA) is 21.3 Å². The zero-order chi connectivity index (χ0) is 14.3. The Morgan fingerprint density at radius 3 is 2.05 bits per heavy atom. The molecule has 0 bridgehead atoms. The van der Waals surface area contributed by atoms with E-state index in [0.29, 0.717) is 6.04 Å². The van der Waals surface area contributed by atoms with Gasteiger partial charge in [-0.25, -0.2) is 0 Å². The van der Waals surface area contributed by atoms with Crippen LogP contribution in [0, 0.1) is 0 Å². The van der Waals surface area contributed by atoms with Crippen molar-refractivity contribution in [3.63, 3.8) is 0 Å². The van der Waals surface area contributed by atoms with Gasteiger partial charge in [0, 0.05) is 6.04 Å². The van der Waals surface area contributed by atoms with E-state index in [1.165, 1.54) is 30.4 Å². The summed E-state index contributed by atoms with van der Waals surface area (Å²) in [6.45, 7) is 1.89. The summed E-state index contributed by atoms with van der Waals surface area (Å²) in [5, 5.41) is 3.55. The second-order valence-corrected chi connectivity index (χ2v) is 5.68. The molecule has 110 valence electrons. The molecule has 0 saturated carbocycles. The first kappa shape index (κ1) is 14.3. The summed E-state index contributed by atoms with van der Waals surface area (Å²) in [6, 6.07) is 21.5. The van der Waals surface area contributed by atoms with Crippen molar-refractivity contribution in [1.82, 2.24) is 5.32 Å². The van der Waals surface area contributed by atoms with Gasteiger partial charge < -0.3 is 10.1 Å². The molecule has 21 heavy (non-hydrogen) atoms. The Bertz CT molecular complexity index is 480. The van der Waals surface area contributed by atoms with Crippen LogP contribution in [0.25, 0.3) is 0 Å². The van der Waals surface area contributed by atoms with Gasteiger partial charge in [0.05, 0.1) is 6.61 Å². The molecule has 2 heteroatoms. The third kappa shape index (κ3) is 3.93. The fourth-order valence-electron chi connectivity index (χ4n) is 2.92. The van der Waals surface area contributed by atoms with E-state index in [-0.39, 0.29) is 6.10 Å². The first-order valence-corrected chi connectivity index (χ1v) is 7.88. The van der Waals surface area contributed by atoms with Crippen LogP contribution in [0.15, 0.2) is 60.7 Å². The molecule has 2 aromatic carbocycles. The molecule has 3 rings (SSSR count). The Balaban J connectivity index is 1.73. The van der Waals surface area contributed by atoms with Crippen molar-refractivity contribution in [3.05, 3.63) is 71.8 Å². The molecule has 1 fully saturated rings. The zero-order valence-electron chi connectivity index (χ0n) is 12.4. The van der Waals surface area contributed by atoms with Gasteiger partial charge in [-0.3, -0.25) is 0 Å². The van der Waals surface area contributed by atoms with Crippen LogP contribution in [0.5, 0.6) is 0 Å². The number of hydrogen-bond donors (Lipinski definition) is 1. The number of ether oxygens (including phenoxy) is 1. The van der Waals surface area contributed by atoms with Gasteiger partial charge in [0.1, 0.15) is 6.10 Å². The maximum Gasteiger partial charge on any atom is 0.108 e. The predicted molar refractivity (Wildman–Crippen MR) is 86.3 cm³/mol. The Labute approximate surface area is 127 Å². The van der Waals surface area contributed by atoms with Crippen molar-refractivity contribution in [2.45, 2.75) is 31.4 Å². The second kappa shape index (κ2) is 7.39. The van der Waals surface area contributed by atoms with Crippen molar-refractivity contribution in [3.8, 4) is 0 Å². The predicted octanol–water partition coefficient (Wildman–Crippen LogP) is 3.93. The van der Waals surface area contributed by atoms with Crippen LogP contribution in [0.1, 0.15) is 36.5 Å². The lowest BCUT2D eigenvalue weighted by Gasteiger charge is -2.26. The van der Waals surface area contributed by atoms with Gasteiger partial charge in [-0.1, -0.05) is 67.1 Å². The summed E-state index contributed by atoms with van der Waals surface area (Å²) in [6.07, 6.45) is 3.84. The minimum Gasteiger partial charge on any atom is -0.367 e. The van der Waals surface area contributed by atoms with Gasteiger partial charge in [0.15, 0.2) is 0 Å². The van der Waals surface area contributed by atoms with Crippen molar-refractivity contribution in [1.29, 1.82) is 0 Å². The summed E-state index contributed by atoms with van der Waals surface area (Å²) in [5.41, 5.74) is 2.44. The highest BCUT2D eigenvalue weighted by Crippen LogP contribution is 2.26. The molecule has 0 radical (unpaired) electrons. The molecule has 0 spiro atoms. The van der Waals surface area contributed by atoms with Gasteiger partial charge in [0.2, 0.25) is 0 Å². The standard InChI is InChI=1S/C19H23NO/c1-3-9-16(10-4-1)19(17-11-5-2-6-12-17)21-15-18-13-7-8-14-20-18/h1-6,9-12,18-20H,7-8,13-15H2. The SMILES string of the molecule is c1ccc(C(OCC2CCCCN2)c2ccccc2)cc1. The summed E-state index contributed by atoms with van der Waals surface area (Å²) in [5.74, 6) is 0. The summed E-state index contributed by atoms with van der Waals surface area (Å²) >= 11 is 0. The molecule has 0 amide bonds. The Kier molecular flexibility index (Phi) is 5.03.